The van der Waals surface area contributed by atoms with Gasteiger partial charge in [-0.3, -0.25) is 4.99 Å². The average Bonchev–Trinajstić information content (AvgIpc) is 2.66. The third-order valence-electron chi connectivity index (χ3n) is 5.04. The van der Waals surface area contributed by atoms with Crippen LogP contribution in [0.3, 0.4) is 0 Å². The molecule has 0 radical (unpaired) electrons. The van der Waals surface area contributed by atoms with Gasteiger partial charge in [-0.15, -0.1) is 24.0 Å². The van der Waals surface area contributed by atoms with Gasteiger partial charge in [0.25, 0.3) is 0 Å². The average molecular weight is 518 g/mol. The van der Waals surface area contributed by atoms with Crippen molar-refractivity contribution in [2.24, 2.45) is 4.99 Å². The molecule has 0 aliphatic carbocycles. The summed E-state index contributed by atoms with van der Waals surface area (Å²) in [5.41, 5.74) is 2.36. The Morgan fingerprint density at radius 1 is 1.14 bits per heavy atom. The van der Waals surface area contributed by atoms with Crippen LogP contribution in [-0.2, 0) is 6.54 Å². The molecule has 0 unspecified atom stereocenters. The smallest absolute Gasteiger partial charge is 0.191 e. The maximum atomic E-state index is 5.96. The number of benzene rings is 1. The molecule has 1 aromatic rings. The highest BCUT2D eigenvalue weighted by Crippen LogP contribution is 2.21. The lowest BCUT2D eigenvalue weighted by molar-refractivity contribution is 0.152. The maximum Gasteiger partial charge on any atom is 0.191 e. The number of likely N-dealkylation sites (N-methyl/N-ethyl adjacent to an activating group) is 1. The zero-order valence-electron chi connectivity index (χ0n) is 18.8. The number of guanidine groups is 1. The fraction of sp³-hybridized carbons (Fsp3) is 0.682. The molecule has 1 aromatic carbocycles. The summed E-state index contributed by atoms with van der Waals surface area (Å²) in [6.45, 7) is 13.8. The quantitative estimate of drug-likeness (QED) is 0.228. The van der Waals surface area contributed by atoms with Crippen LogP contribution in [0.5, 0.6) is 5.75 Å². The molecule has 6 nitrogen and oxygen atoms in total. The number of aliphatic imine (C=N–C) groups is 1. The molecule has 2 rings (SSSR count). The van der Waals surface area contributed by atoms with E-state index in [1.165, 1.54) is 44.7 Å². The van der Waals surface area contributed by atoms with Crippen molar-refractivity contribution < 1.29 is 4.74 Å². The molecule has 7 heteroatoms. The van der Waals surface area contributed by atoms with Crippen molar-refractivity contribution in [2.45, 2.75) is 46.3 Å². The van der Waals surface area contributed by atoms with E-state index in [0.29, 0.717) is 6.54 Å². The first kappa shape index (κ1) is 26.0. The Labute approximate surface area is 194 Å². The second-order valence-corrected chi connectivity index (χ2v) is 7.98. The van der Waals surface area contributed by atoms with Crippen LogP contribution in [0, 0.1) is 6.92 Å². The van der Waals surface area contributed by atoms with Crippen LogP contribution in [0.15, 0.2) is 23.2 Å². The number of nitrogens with one attached hydrogen (secondary N) is 2. The molecule has 0 spiro atoms. The van der Waals surface area contributed by atoms with Crippen molar-refractivity contribution in [2.75, 3.05) is 53.4 Å². The van der Waals surface area contributed by atoms with Gasteiger partial charge in [-0.05, 0) is 58.8 Å². The first-order valence-electron chi connectivity index (χ1n) is 10.6. The number of piperazine rings is 1. The van der Waals surface area contributed by atoms with Crippen molar-refractivity contribution in [1.82, 2.24) is 20.4 Å². The van der Waals surface area contributed by atoms with Crippen molar-refractivity contribution in [3.05, 3.63) is 29.3 Å². The van der Waals surface area contributed by atoms with E-state index < -0.39 is 0 Å². The van der Waals surface area contributed by atoms with Crippen molar-refractivity contribution in [3.8, 4) is 5.75 Å². The number of nitrogens with zero attached hydrogens (tertiary/aromatic N) is 3. The maximum absolute atomic E-state index is 5.96. The standard InChI is InChI=1S/C22H39N5O.HI/c1-18(2)28-21-16-19(3)8-9-20(21)17-25-22(23-4)24-10-6-7-11-27-14-12-26(5)13-15-27;/h8-9,16,18H,6-7,10-15,17H2,1-5H3,(H2,23,24,25);1H. The first-order valence-corrected chi connectivity index (χ1v) is 10.6. The summed E-state index contributed by atoms with van der Waals surface area (Å²) in [7, 11) is 4.02. The van der Waals surface area contributed by atoms with Gasteiger partial charge in [-0.2, -0.15) is 0 Å². The normalized spacial score (nSPS) is 15.9. The lowest BCUT2D eigenvalue weighted by Gasteiger charge is -2.32. The van der Waals surface area contributed by atoms with Crippen molar-refractivity contribution in [3.63, 3.8) is 0 Å². The Hall–Kier alpha value is -1.06. The molecule has 1 saturated heterocycles. The highest BCUT2D eigenvalue weighted by atomic mass is 127. The summed E-state index contributed by atoms with van der Waals surface area (Å²) in [4.78, 5) is 9.32. The van der Waals surface area contributed by atoms with E-state index in [9.17, 15) is 0 Å². The van der Waals surface area contributed by atoms with E-state index in [2.05, 4.69) is 71.4 Å². The largest absolute Gasteiger partial charge is 0.491 e. The molecule has 1 aliphatic rings. The predicted octanol–water partition coefficient (Wildman–Crippen LogP) is 3.09. The Morgan fingerprint density at radius 2 is 1.86 bits per heavy atom. The molecule has 1 fully saturated rings. The first-order chi connectivity index (χ1) is 13.5. The van der Waals surface area contributed by atoms with Gasteiger partial charge in [0.2, 0.25) is 0 Å². The molecule has 166 valence electrons. The zero-order chi connectivity index (χ0) is 20.4. The lowest BCUT2D eigenvalue weighted by atomic mass is 10.1. The summed E-state index contributed by atoms with van der Waals surface area (Å²) < 4.78 is 5.96. The van der Waals surface area contributed by atoms with Gasteiger partial charge in [0.15, 0.2) is 5.96 Å². The van der Waals surface area contributed by atoms with Crippen molar-refractivity contribution >= 4 is 29.9 Å². The molecule has 0 aromatic heterocycles. The summed E-state index contributed by atoms with van der Waals surface area (Å²) >= 11 is 0. The second-order valence-electron chi connectivity index (χ2n) is 7.98. The van der Waals surface area contributed by atoms with Crippen LogP contribution in [0.1, 0.15) is 37.8 Å². The van der Waals surface area contributed by atoms with Crippen LogP contribution in [-0.4, -0.2) is 75.2 Å². The Morgan fingerprint density at radius 3 is 2.52 bits per heavy atom. The van der Waals surface area contributed by atoms with Gasteiger partial charge in [0.1, 0.15) is 5.75 Å². The van der Waals surface area contributed by atoms with Gasteiger partial charge in [0, 0.05) is 51.9 Å². The highest BCUT2D eigenvalue weighted by Gasteiger charge is 2.12. The number of aryl methyl sites for hydroxylation is 1. The third kappa shape index (κ3) is 10.00. The van der Waals surface area contributed by atoms with Gasteiger partial charge in [-0.25, -0.2) is 0 Å². The molecule has 29 heavy (non-hydrogen) atoms. The second kappa shape index (κ2) is 14.0. The number of halogens is 1. The van der Waals surface area contributed by atoms with E-state index in [1.54, 1.807) is 0 Å². The summed E-state index contributed by atoms with van der Waals surface area (Å²) in [6.07, 6.45) is 2.54. The highest BCUT2D eigenvalue weighted by molar-refractivity contribution is 14.0. The fourth-order valence-corrected chi connectivity index (χ4v) is 3.31. The predicted molar refractivity (Wildman–Crippen MR) is 134 cm³/mol. The number of unbranched alkanes of at least 4 members (excludes halogenated alkanes) is 1. The van der Waals surface area contributed by atoms with Crippen LogP contribution in [0.25, 0.3) is 0 Å². The lowest BCUT2D eigenvalue weighted by Crippen LogP contribution is -2.44. The summed E-state index contributed by atoms with van der Waals surface area (Å²) in [5.74, 6) is 1.79. The van der Waals surface area contributed by atoms with E-state index in [0.717, 1.165) is 30.2 Å². The van der Waals surface area contributed by atoms with Crippen LogP contribution < -0.4 is 15.4 Å². The van der Waals surface area contributed by atoms with Crippen LogP contribution in [0.2, 0.25) is 0 Å². The molecule has 1 heterocycles. The molecule has 0 amide bonds. The molecule has 1 aliphatic heterocycles. The van der Waals surface area contributed by atoms with Gasteiger partial charge >= 0.3 is 0 Å². The van der Waals surface area contributed by atoms with E-state index in [1.807, 2.05) is 7.05 Å². The molecular weight excluding hydrogens is 477 g/mol. The number of hydrogen-bond donors (Lipinski definition) is 2. The van der Waals surface area contributed by atoms with Crippen LogP contribution >= 0.6 is 24.0 Å². The number of rotatable bonds is 9. The molecule has 0 atom stereocenters. The van der Waals surface area contributed by atoms with E-state index in [4.69, 9.17) is 4.74 Å². The molecule has 0 saturated carbocycles. The number of hydrogen-bond acceptors (Lipinski definition) is 4. The topological polar surface area (TPSA) is 52.1 Å². The Bertz CT molecular complexity index is 615. The zero-order valence-corrected chi connectivity index (χ0v) is 21.2. The number of ether oxygens (including phenoxy) is 1. The van der Waals surface area contributed by atoms with Crippen molar-refractivity contribution in [1.29, 1.82) is 0 Å². The third-order valence-corrected chi connectivity index (χ3v) is 5.04. The van der Waals surface area contributed by atoms with Gasteiger partial charge in [-0.1, -0.05) is 12.1 Å². The minimum Gasteiger partial charge on any atom is -0.491 e. The minimum absolute atomic E-state index is 0. The molecule has 2 N–H and O–H groups in total. The van der Waals surface area contributed by atoms with E-state index in [-0.39, 0.29) is 30.1 Å². The van der Waals surface area contributed by atoms with Gasteiger partial charge in [0.05, 0.1) is 6.10 Å². The van der Waals surface area contributed by atoms with Crippen LogP contribution in [0.4, 0.5) is 0 Å². The van der Waals surface area contributed by atoms with Gasteiger partial charge < -0.3 is 25.2 Å². The molecule has 0 bridgehead atoms. The minimum atomic E-state index is 0. The summed E-state index contributed by atoms with van der Waals surface area (Å²) in [6, 6.07) is 6.35. The Kier molecular flexibility index (Phi) is 12.6. The molecular formula is C22H40IN5O. The SMILES string of the molecule is CN=C(NCCCCN1CCN(C)CC1)NCc1ccc(C)cc1OC(C)C.I. The summed E-state index contributed by atoms with van der Waals surface area (Å²) in [5, 5.41) is 6.83. The van der Waals surface area contributed by atoms with E-state index >= 15 is 0 Å². The monoisotopic (exact) mass is 517 g/mol. The fourth-order valence-electron chi connectivity index (χ4n) is 3.31. The Balaban J connectivity index is 0.00000420.